The molecule has 0 saturated carbocycles. The summed E-state index contributed by atoms with van der Waals surface area (Å²) in [4.78, 5) is 27.2. The minimum absolute atomic E-state index is 0.264. The van der Waals surface area contributed by atoms with Gasteiger partial charge in [0.1, 0.15) is 17.5 Å². The molecule has 0 radical (unpaired) electrons. The van der Waals surface area contributed by atoms with Crippen LogP contribution in [0, 0.1) is 5.82 Å². The molecule has 1 atom stereocenters. The van der Waals surface area contributed by atoms with Crippen LogP contribution in [0.3, 0.4) is 0 Å². The van der Waals surface area contributed by atoms with Crippen molar-refractivity contribution < 1.29 is 23.5 Å². The molecule has 0 bridgehead atoms. The van der Waals surface area contributed by atoms with Gasteiger partial charge < -0.3 is 25.0 Å². The van der Waals surface area contributed by atoms with Crippen LogP contribution in [0.15, 0.2) is 48.5 Å². The van der Waals surface area contributed by atoms with Gasteiger partial charge >= 0.3 is 6.09 Å². The van der Waals surface area contributed by atoms with Gasteiger partial charge in [0.15, 0.2) is 0 Å². The van der Waals surface area contributed by atoms with Crippen molar-refractivity contribution in [3.63, 3.8) is 0 Å². The highest BCUT2D eigenvalue weighted by molar-refractivity contribution is 5.97. The molecule has 32 heavy (non-hydrogen) atoms. The van der Waals surface area contributed by atoms with E-state index in [1.54, 1.807) is 32.9 Å². The number of nitrogens with zero attached hydrogens (tertiary/aromatic N) is 1. The van der Waals surface area contributed by atoms with Gasteiger partial charge in [-0.1, -0.05) is 30.3 Å². The predicted molar refractivity (Wildman–Crippen MR) is 121 cm³/mol. The number of hydrogen-bond donors (Lipinski definition) is 2. The Morgan fingerprint density at radius 1 is 1.12 bits per heavy atom. The minimum atomic E-state index is -0.894. The molecular weight excluding hydrogens is 413 g/mol. The Morgan fingerprint density at radius 2 is 1.81 bits per heavy atom. The van der Waals surface area contributed by atoms with E-state index in [9.17, 15) is 14.0 Å². The molecule has 2 aromatic carbocycles. The molecule has 0 aliphatic carbocycles. The van der Waals surface area contributed by atoms with Crippen LogP contribution in [0.1, 0.15) is 26.3 Å². The summed E-state index contributed by atoms with van der Waals surface area (Å²) < 4.78 is 25.3. The molecule has 8 heteroatoms. The second kappa shape index (κ2) is 10.5. The summed E-state index contributed by atoms with van der Waals surface area (Å²) in [6.07, 6.45) is -0.428. The van der Waals surface area contributed by atoms with Crippen LogP contribution < -0.4 is 15.5 Å². The molecule has 2 aromatic rings. The average Bonchev–Trinajstić information content (AvgIpc) is 2.73. The first kappa shape index (κ1) is 23.5. The summed E-state index contributed by atoms with van der Waals surface area (Å²) in [5.74, 6) is -0.886. The van der Waals surface area contributed by atoms with Gasteiger partial charge in [-0.05, 0) is 44.5 Å². The van der Waals surface area contributed by atoms with Gasteiger partial charge in [-0.2, -0.15) is 0 Å². The second-order valence-electron chi connectivity index (χ2n) is 8.64. The fourth-order valence-electron chi connectivity index (χ4n) is 3.38. The van der Waals surface area contributed by atoms with Crippen LogP contribution in [0.2, 0.25) is 0 Å². The molecular formula is C24H30FN3O4. The number of anilines is 2. The fraction of sp³-hybridized carbons (Fsp3) is 0.417. The van der Waals surface area contributed by atoms with Crippen molar-refractivity contribution in [1.29, 1.82) is 0 Å². The Hall–Kier alpha value is -3.13. The van der Waals surface area contributed by atoms with Gasteiger partial charge in [0.2, 0.25) is 5.91 Å². The van der Waals surface area contributed by atoms with E-state index >= 15 is 0 Å². The highest BCUT2D eigenvalue weighted by atomic mass is 19.1. The zero-order chi connectivity index (χ0) is 23.1. The van der Waals surface area contributed by atoms with Crippen molar-refractivity contribution in [1.82, 2.24) is 5.32 Å². The van der Waals surface area contributed by atoms with Crippen molar-refractivity contribution in [2.24, 2.45) is 0 Å². The van der Waals surface area contributed by atoms with Crippen LogP contribution >= 0.6 is 0 Å². The number of morpholine rings is 1. The first-order chi connectivity index (χ1) is 15.2. The fourth-order valence-corrected chi connectivity index (χ4v) is 3.38. The lowest BCUT2D eigenvalue weighted by Crippen LogP contribution is -2.47. The van der Waals surface area contributed by atoms with E-state index < -0.39 is 29.5 Å². The molecule has 2 amide bonds. The van der Waals surface area contributed by atoms with Crippen LogP contribution in [0.4, 0.5) is 20.6 Å². The molecule has 1 aliphatic rings. The molecule has 7 nitrogen and oxygen atoms in total. The SMILES string of the molecule is CC(C)(C)OC(=O)NC(Cc1ccccc1)C(=O)Nc1ccc(N2CCOCC2)c(F)c1. The maximum atomic E-state index is 14.7. The lowest BCUT2D eigenvalue weighted by Gasteiger charge is -2.29. The summed E-state index contributed by atoms with van der Waals surface area (Å²) >= 11 is 0. The molecule has 1 saturated heterocycles. The normalized spacial score (nSPS) is 15.1. The molecule has 0 aromatic heterocycles. The number of nitrogens with one attached hydrogen (secondary N) is 2. The maximum Gasteiger partial charge on any atom is 0.408 e. The zero-order valence-electron chi connectivity index (χ0n) is 18.7. The lowest BCUT2D eigenvalue weighted by molar-refractivity contribution is -0.118. The summed E-state index contributed by atoms with van der Waals surface area (Å²) in [5, 5.41) is 5.34. The standard InChI is InChI=1S/C24H30FN3O4/c1-24(2,3)32-23(30)27-20(15-17-7-5-4-6-8-17)22(29)26-18-9-10-21(19(25)16-18)28-11-13-31-14-12-28/h4-10,16,20H,11-15H2,1-3H3,(H,26,29)(H,27,30). The smallest absolute Gasteiger partial charge is 0.408 e. The Kier molecular flexibility index (Phi) is 7.69. The quantitative estimate of drug-likeness (QED) is 0.711. The van der Waals surface area contributed by atoms with Crippen LogP contribution in [-0.4, -0.2) is 49.9 Å². The topological polar surface area (TPSA) is 79.9 Å². The molecule has 1 fully saturated rings. The third-order valence-corrected chi connectivity index (χ3v) is 4.86. The van der Waals surface area contributed by atoms with E-state index in [4.69, 9.17) is 9.47 Å². The number of ether oxygens (including phenoxy) is 2. The number of amides is 2. The van der Waals surface area contributed by atoms with Crippen molar-refractivity contribution in [3.05, 3.63) is 59.9 Å². The van der Waals surface area contributed by atoms with E-state index in [0.717, 1.165) is 5.56 Å². The summed E-state index contributed by atoms with van der Waals surface area (Å²) in [5.41, 5.74) is 0.959. The highest BCUT2D eigenvalue weighted by Crippen LogP contribution is 2.24. The number of carbonyl (C=O) groups is 2. The van der Waals surface area contributed by atoms with Crippen molar-refractivity contribution in [2.45, 2.75) is 38.8 Å². The van der Waals surface area contributed by atoms with E-state index in [2.05, 4.69) is 10.6 Å². The monoisotopic (exact) mass is 443 g/mol. The van der Waals surface area contributed by atoms with E-state index in [1.165, 1.54) is 6.07 Å². The van der Waals surface area contributed by atoms with Crippen LogP contribution in [0.5, 0.6) is 0 Å². The van der Waals surface area contributed by atoms with Crippen molar-refractivity contribution >= 4 is 23.4 Å². The Morgan fingerprint density at radius 3 is 2.44 bits per heavy atom. The van der Waals surface area contributed by atoms with Crippen molar-refractivity contribution in [2.75, 3.05) is 36.5 Å². The van der Waals surface area contributed by atoms with Gasteiger partial charge in [0, 0.05) is 25.2 Å². The Bertz CT molecular complexity index is 925. The van der Waals surface area contributed by atoms with Gasteiger partial charge in [0.05, 0.1) is 18.9 Å². The third kappa shape index (κ3) is 6.95. The number of rotatable bonds is 6. The number of halogens is 1. The molecule has 172 valence electrons. The van der Waals surface area contributed by atoms with Gasteiger partial charge in [-0.15, -0.1) is 0 Å². The Balaban J connectivity index is 1.72. The molecule has 1 unspecified atom stereocenters. The van der Waals surface area contributed by atoms with Gasteiger partial charge in [0.25, 0.3) is 0 Å². The third-order valence-electron chi connectivity index (χ3n) is 4.86. The molecule has 1 aliphatic heterocycles. The van der Waals surface area contributed by atoms with E-state index in [-0.39, 0.29) is 6.42 Å². The van der Waals surface area contributed by atoms with Gasteiger partial charge in [-0.25, -0.2) is 9.18 Å². The van der Waals surface area contributed by atoms with E-state index in [0.29, 0.717) is 37.7 Å². The summed E-state index contributed by atoms with van der Waals surface area (Å²) in [6.45, 7) is 7.57. The molecule has 2 N–H and O–H groups in total. The number of hydrogen-bond acceptors (Lipinski definition) is 5. The summed E-state index contributed by atoms with van der Waals surface area (Å²) in [7, 11) is 0. The first-order valence-electron chi connectivity index (χ1n) is 10.7. The highest BCUT2D eigenvalue weighted by Gasteiger charge is 2.25. The number of alkyl carbamates (subject to hydrolysis) is 1. The largest absolute Gasteiger partial charge is 0.444 e. The number of benzene rings is 2. The molecule has 3 rings (SSSR count). The Labute approximate surface area is 187 Å². The minimum Gasteiger partial charge on any atom is -0.444 e. The zero-order valence-corrected chi connectivity index (χ0v) is 18.7. The van der Waals surface area contributed by atoms with Crippen LogP contribution in [-0.2, 0) is 20.7 Å². The molecule has 1 heterocycles. The van der Waals surface area contributed by atoms with Gasteiger partial charge in [-0.3, -0.25) is 4.79 Å². The van der Waals surface area contributed by atoms with Crippen LogP contribution in [0.25, 0.3) is 0 Å². The number of carbonyl (C=O) groups excluding carboxylic acids is 2. The van der Waals surface area contributed by atoms with E-state index in [1.807, 2.05) is 35.2 Å². The first-order valence-corrected chi connectivity index (χ1v) is 10.7. The summed E-state index contributed by atoms with van der Waals surface area (Å²) in [6, 6.07) is 13.0. The second-order valence-corrected chi connectivity index (χ2v) is 8.64. The maximum absolute atomic E-state index is 14.7. The lowest BCUT2D eigenvalue weighted by atomic mass is 10.1. The average molecular weight is 444 g/mol. The van der Waals surface area contributed by atoms with Crippen molar-refractivity contribution in [3.8, 4) is 0 Å². The molecule has 0 spiro atoms. The predicted octanol–water partition coefficient (Wildman–Crippen LogP) is 3.74.